The number of hydrogen-bond acceptors (Lipinski definition) is 5. The smallest absolute Gasteiger partial charge is 0.238 e. The molecule has 0 bridgehead atoms. The molecule has 2 N–H and O–H groups in total. The molecule has 0 atom stereocenters. The van der Waals surface area contributed by atoms with Crippen molar-refractivity contribution in [3.8, 4) is 5.75 Å². The highest BCUT2D eigenvalue weighted by atomic mass is 16.5. The zero-order valence-corrected chi connectivity index (χ0v) is 16.2. The Balaban J connectivity index is 1.18. The van der Waals surface area contributed by atoms with E-state index in [1.54, 1.807) is 0 Å². The SMILES string of the molecule is O=C(CN1CCNCC1)Nc1ccc(OC2CC(N3CCCCC3)C2)cc1. The molecular weight excluding hydrogens is 340 g/mol. The van der Waals surface area contributed by atoms with Crippen LogP contribution >= 0.6 is 0 Å². The summed E-state index contributed by atoms with van der Waals surface area (Å²) in [5.74, 6) is 0.950. The van der Waals surface area contributed by atoms with Gasteiger partial charge >= 0.3 is 0 Å². The summed E-state index contributed by atoms with van der Waals surface area (Å²) >= 11 is 0. The predicted octanol–water partition coefficient (Wildman–Crippen LogP) is 1.93. The molecule has 2 aliphatic heterocycles. The fraction of sp³-hybridized carbons (Fsp3) is 0.667. The van der Waals surface area contributed by atoms with E-state index in [-0.39, 0.29) is 5.91 Å². The van der Waals surface area contributed by atoms with E-state index >= 15 is 0 Å². The summed E-state index contributed by atoms with van der Waals surface area (Å²) in [6.07, 6.45) is 6.71. The first-order chi connectivity index (χ1) is 13.3. The van der Waals surface area contributed by atoms with Crippen LogP contribution < -0.4 is 15.4 Å². The molecule has 3 aliphatic rings. The second-order valence-corrected chi connectivity index (χ2v) is 8.06. The Morgan fingerprint density at radius 3 is 2.44 bits per heavy atom. The number of benzene rings is 1. The lowest BCUT2D eigenvalue weighted by Gasteiger charge is -2.44. The summed E-state index contributed by atoms with van der Waals surface area (Å²) < 4.78 is 6.10. The van der Waals surface area contributed by atoms with Gasteiger partial charge in [-0.05, 0) is 50.2 Å². The lowest BCUT2D eigenvalue weighted by molar-refractivity contribution is -0.117. The van der Waals surface area contributed by atoms with E-state index in [9.17, 15) is 4.79 Å². The number of rotatable bonds is 6. The van der Waals surface area contributed by atoms with E-state index in [0.29, 0.717) is 12.6 Å². The Labute approximate surface area is 162 Å². The number of likely N-dealkylation sites (tertiary alicyclic amines) is 1. The molecule has 0 spiro atoms. The van der Waals surface area contributed by atoms with E-state index in [1.165, 1.54) is 32.4 Å². The van der Waals surface area contributed by atoms with E-state index in [4.69, 9.17) is 4.74 Å². The minimum absolute atomic E-state index is 0.0499. The standard InChI is InChI=1S/C21H32N4O2/c26-21(16-24-12-8-22-9-13-24)23-17-4-6-19(7-5-17)27-20-14-18(15-20)25-10-2-1-3-11-25/h4-7,18,20,22H,1-3,8-16H2,(H,23,26). The van der Waals surface area contributed by atoms with Gasteiger partial charge in [0.1, 0.15) is 11.9 Å². The van der Waals surface area contributed by atoms with Gasteiger partial charge in [-0.15, -0.1) is 0 Å². The first-order valence-electron chi connectivity index (χ1n) is 10.5. The number of piperazine rings is 1. The summed E-state index contributed by atoms with van der Waals surface area (Å²) in [6, 6.07) is 8.53. The van der Waals surface area contributed by atoms with Gasteiger partial charge in [0.05, 0.1) is 6.54 Å². The van der Waals surface area contributed by atoms with Gasteiger partial charge in [0.2, 0.25) is 5.91 Å². The van der Waals surface area contributed by atoms with Crippen molar-refractivity contribution in [3.05, 3.63) is 24.3 Å². The normalized spacial score (nSPS) is 27.0. The van der Waals surface area contributed by atoms with Crippen LogP contribution in [0, 0.1) is 0 Å². The second-order valence-electron chi connectivity index (χ2n) is 8.06. The molecule has 1 aromatic carbocycles. The molecule has 6 heteroatoms. The van der Waals surface area contributed by atoms with Crippen molar-refractivity contribution in [2.75, 3.05) is 51.1 Å². The Morgan fingerprint density at radius 2 is 1.74 bits per heavy atom. The fourth-order valence-electron chi connectivity index (χ4n) is 4.30. The maximum absolute atomic E-state index is 12.2. The van der Waals surface area contributed by atoms with Crippen LogP contribution in [0.5, 0.6) is 5.75 Å². The maximum Gasteiger partial charge on any atom is 0.238 e. The van der Waals surface area contributed by atoms with Crippen LogP contribution in [0.4, 0.5) is 5.69 Å². The summed E-state index contributed by atoms with van der Waals surface area (Å²) in [5, 5.41) is 6.28. The van der Waals surface area contributed by atoms with Crippen molar-refractivity contribution in [2.45, 2.75) is 44.2 Å². The number of anilines is 1. The molecule has 148 valence electrons. The number of carbonyl (C=O) groups excluding carboxylic acids is 1. The number of amides is 1. The van der Waals surface area contributed by atoms with Crippen molar-refractivity contribution < 1.29 is 9.53 Å². The quantitative estimate of drug-likeness (QED) is 0.799. The number of ether oxygens (including phenoxy) is 1. The first kappa shape index (κ1) is 18.7. The molecule has 0 unspecified atom stereocenters. The van der Waals surface area contributed by atoms with Crippen molar-refractivity contribution >= 4 is 11.6 Å². The average Bonchev–Trinajstić information content (AvgIpc) is 2.67. The van der Waals surface area contributed by atoms with Crippen molar-refractivity contribution in [1.82, 2.24) is 15.1 Å². The van der Waals surface area contributed by atoms with E-state index < -0.39 is 0 Å². The number of nitrogens with one attached hydrogen (secondary N) is 2. The van der Waals surface area contributed by atoms with Crippen LogP contribution in [-0.4, -0.2) is 73.7 Å². The van der Waals surface area contributed by atoms with Crippen molar-refractivity contribution in [3.63, 3.8) is 0 Å². The van der Waals surface area contributed by atoms with Crippen molar-refractivity contribution in [1.29, 1.82) is 0 Å². The molecular formula is C21H32N4O2. The molecule has 1 aliphatic carbocycles. The average molecular weight is 373 g/mol. The van der Waals surface area contributed by atoms with Gasteiger partial charge in [0.25, 0.3) is 0 Å². The second kappa shape index (κ2) is 9.04. The summed E-state index contributed by atoms with van der Waals surface area (Å²) in [4.78, 5) is 17.0. The predicted molar refractivity (Wildman–Crippen MR) is 107 cm³/mol. The topological polar surface area (TPSA) is 56.8 Å². The Kier molecular flexibility index (Phi) is 6.27. The first-order valence-corrected chi connectivity index (χ1v) is 10.5. The molecule has 27 heavy (non-hydrogen) atoms. The Morgan fingerprint density at radius 1 is 1.04 bits per heavy atom. The molecule has 0 radical (unpaired) electrons. The Hall–Kier alpha value is -1.63. The highest BCUT2D eigenvalue weighted by molar-refractivity contribution is 5.92. The number of piperidine rings is 1. The summed E-state index contributed by atoms with van der Waals surface area (Å²) in [5.41, 5.74) is 0.835. The molecule has 3 fully saturated rings. The van der Waals surface area contributed by atoms with Gasteiger partial charge in [-0.3, -0.25) is 9.69 Å². The van der Waals surface area contributed by atoms with Crippen molar-refractivity contribution in [2.24, 2.45) is 0 Å². The highest BCUT2D eigenvalue weighted by Crippen LogP contribution is 2.31. The number of carbonyl (C=O) groups is 1. The lowest BCUT2D eigenvalue weighted by atomic mass is 9.86. The number of hydrogen-bond donors (Lipinski definition) is 2. The van der Waals surface area contributed by atoms with Gasteiger partial charge in [0.15, 0.2) is 0 Å². The number of nitrogens with zero attached hydrogens (tertiary/aromatic N) is 2. The molecule has 1 amide bonds. The third-order valence-corrected chi connectivity index (χ3v) is 5.99. The minimum atomic E-state index is 0.0499. The molecule has 6 nitrogen and oxygen atoms in total. The molecule has 1 aromatic rings. The molecule has 2 heterocycles. The van der Waals surface area contributed by atoms with Crippen LogP contribution in [0.2, 0.25) is 0 Å². The molecule has 1 saturated carbocycles. The zero-order chi connectivity index (χ0) is 18.5. The molecule has 2 saturated heterocycles. The van der Waals surface area contributed by atoms with Crippen LogP contribution in [0.3, 0.4) is 0 Å². The third-order valence-electron chi connectivity index (χ3n) is 5.99. The fourth-order valence-corrected chi connectivity index (χ4v) is 4.30. The van der Waals surface area contributed by atoms with Crippen LogP contribution in [-0.2, 0) is 4.79 Å². The van der Waals surface area contributed by atoms with Gasteiger partial charge in [-0.1, -0.05) is 6.42 Å². The van der Waals surface area contributed by atoms with E-state index in [2.05, 4.69) is 20.4 Å². The Bertz CT molecular complexity index is 603. The summed E-state index contributed by atoms with van der Waals surface area (Å²) in [6.45, 7) is 6.76. The van der Waals surface area contributed by atoms with Crippen LogP contribution in [0.1, 0.15) is 32.1 Å². The molecule has 4 rings (SSSR count). The van der Waals surface area contributed by atoms with Gasteiger partial charge in [-0.25, -0.2) is 0 Å². The highest BCUT2D eigenvalue weighted by Gasteiger charge is 2.35. The minimum Gasteiger partial charge on any atom is -0.490 e. The van der Waals surface area contributed by atoms with E-state index in [1.807, 2.05) is 24.3 Å². The van der Waals surface area contributed by atoms with E-state index in [0.717, 1.165) is 56.5 Å². The summed E-state index contributed by atoms with van der Waals surface area (Å²) in [7, 11) is 0. The van der Waals surface area contributed by atoms with Crippen LogP contribution in [0.15, 0.2) is 24.3 Å². The lowest BCUT2D eigenvalue weighted by Crippen LogP contribution is -2.50. The monoisotopic (exact) mass is 372 g/mol. The maximum atomic E-state index is 12.2. The van der Waals surface area contributed by atoms with Gasteiger partial charge in [0, 0.05) is 50.7 Å². The molecule has 0 aromatic heterocycles. The zero-order valence-electron chi connectivity index (χ0n) is 16.2. The third kappa shape index (κ3) is 5.21. The van der Waals surface area contributed by atoms with Crippen LogP contribution in [0.25, 0.3) is 0 Å². The van der Waals surface area contributed by atoms with Gasteiger partial charge < -0.3 is 20.3 Å². The van der Waals surface area contributed by atoms with Gasteiger partial charge in [-0.2, -0.15) is 0 Å². The largest absolute Gasteiger partial charge is 0.490 e.